The molecule has 1 aromatic rings. The van der Waals surface area contributed by atoms with Crippen LogP contribution in [0.4, 0.5) is 13.2 Å². The number of nitrogens with zero attached hydrogens (tertiary/aromatic N) is 1. The van der Waals surface area contributed by atoms with E-state index in [4.69, 9.17) is 19.8 Å². The molecule has 9 heteroatoms. The molecule has 0 amide bonds. The van der Waals surface area contributed by atoms with Crippen LogP contribution in [0, 0.1) is 5.92 Å². The Bertz CT molecular complexity index is 643. The second-order valence-corrected chi connectivity index (χ2v) is 6.16. The van der Waals surface area contributed by atoms with E-state index in [2.05, 4.69) is 4.90 Å². The minimum atomic E-state index is -4.36. The van der Waals surface area contributed by atoms with Gasteiger partial charge in [0.05, 0.1) is 5.56 Å². The zero-order valence-corrected chi connectivity index (χ0v) is 13.2. The Balaban J connectivity index is 0.000000326. The van der Waals surface area contributed by atoms with Crippen LogP contribution in [0.3, 0.4) is 0 Å². The quantitative estimate of drug-likeness (QED) is 0.660. The largest absolute Gasteiger partial charge is 0.473 e. The summed E-state index contributed by atoms with van der Waals surface area (Å²) >= 11 is 0. The van der Waals surface area contributed by atoms with E-state index < -0.39 is 29.3 Å². The maximum atomic E-state index is 12.8. The number of fused-ring (bicyclic) bond motifs is 3. The SMILES string of the molecule is O=C(O)C(=O)O.OC1(c2cccc(C(F)(F)F)c2)CN2CCC1CC2. The van der Waals surface area contributed by atoms with E-state index in [0.29, 0.717) is 12.1 Å². The molecular weight excluding hydrogens is 343 g/mol. The first-order valence-electron chi connectivity index (χ1n) is 7.62. The zero-order chi connectivity index (χ0) is 18.8. The van der Waals surface area contributed by atoms with Crippen LogP contribution in [0.5, 0.6) is 0 Å². The molecule has 3 aliphatic heterocycles. The van der Waals surface area contributed by atoms with E-state index in [1.54, 1.807) is 6.07 Å². The maximum Gasteiger partial charge on any atom is 0.416 e. The van der Waals surface area contributed by atoms with Crippen LogP contribution in [0.1, 0.15) is 24.0 Å². The van der Waals surface area contributed by atoms with Crippen molar-refractivity contribution in [2.24, 2.45) is 5.92 Å². The van der Waals surface area contributed by atoms with Crippen LogP contribution in [-0.2, 0) is 21.4 Å². The van der Waals surface area contributed by atoms with E-state index in [1.165, 1.54) is 6.07 Å². The number of rotatable bonds is 1. The lowest BCUT2D eigenvalue weighted by Crippen LogP contribution is -2.57. The van der Waals surface area contributed by atoms with Crippen molar-refractivity contribution in [3.8, 4) is 0 Å². The summed E-state index contributed by atoms with van der Waals surface area (Å²) < 4.78 is 38.3. The van der Waals surface area contributed by atoms with Gasteiger partial charge in [-0.3, -0.25) is 0 Å². The molecule has 138 valence electrons. The Kier molecular flexibility index (Phi) is 5.38. The smallest absolute Gasteiger partial charge is 0.416 e. The summed E-state index contributed by atoms with van der Waals surface area (Å²) in [4.78, 5) is 20.3. The Hall–Kier alpha value is -2.13. The predicted molar refractivity (Wildman–Crippen MR) is 79.8 cm³/mol. The van der Waals surface area contributed by atoms with E-state index in [1.807, 2.05) is 0 Å². The molecule has 1 atom stereocenters. The van der Waals surface area contributed by atoms with Gasteiger partial charge in [-0.2, -0.15) is 13.2 Å². The number of hydrogen-bond acceptors (Lipinski definition) is 4. The fourth-order valence-corrected chi connectivity index (χ4v) is 3.33. The minimum Gasteiger partial charge on any atom is -0.473 e. The summed E-state index contributed by atoms with van der Waals surface area (Å²) in [7, 11) is 0. The lowest BCUT2D eigenvalue weighted by molar-refractivity contribution is -0.159. The summed E-state index contributed by atoms with van der Waals surface area (Å²) in [6.45, 7) is 2.32. The molecule has 0 aliphatic carbocycles. The van der Waals surface area contributed by atoms with Crippen LogP contribution in [0.2, 0.25) is 0 Å². The number of aliphatic carboxylic acids is 2. The van der Waals surface area contributed by atoms with E-state index in [-0.39, 0.29) is 5.92 Å². The van der Waals surface area contributed by atoms with Crippen molar-refractivity contribution in [1.29, 1.82) is 0 Å². The molecule has 3 aliphatic rings. The fourth-order valence-electron chi connectivity index (χ4n) is 3.33. The number of carboxylic acid groups (broad SMARTS) is 2. The summed E-state index contributed by atoms with van der Waals surface area (Å²) in [6, 6.07) is 5.14. The van der Waals surface area contributed by atoms with Crippen LogP contribution in [0.25, 0.3) is 0 Å². The molecular formula is C16H18F3NO5. The van der Waals surface area contributed by atoms with Crippen molar-refractivity contribution < 1.29 is 38.1 Å². The number of carboxylic acids is 2. The van der Waals surface area contributed by atoms with Crippen molar-refractivity contribution in [2.75, 3.05) is 19.6 Å². The number of hydrogen-bond donors (Lipinski definition) is 3. The van der Waals surface area contributed by atoms with Gasteiger partial charge >= 0.3 is 18.1 Å². The van der Waals surface area contributed by atoms with Gasteiger partial charge in [-0.25, -0.2) is 9.59 Å². The molecule has 3 N–H and O–H groups in total. The normalized spacial score (nSPS) is 28.0. The third kappa shape index (κ3) is 4.29. The molecule has 1 aromatic carbocycles. The first-order valence-corrected chi connectivity index (χ1v) is 7.62. The van der Waals surface area contributed by atoms with Crippen molar-refractivity contribution in [2.45, 2.75) is 24.6 Å². The van der Waals surface area contributed by atoms with Crippen molar-refractivity contribution in [3.63, 3.8) is 0 Å². The van der Waals surface area contributed by atoms with Crippen molar-refractivity contribution in [1.82, 2.24) is 4.90 Å². The molecule has 3 heterocycles. The molecule has 0 spiro atoms. The van der Waals surface area contributed by atoms with Crippen LogP contribution in [-0.4, -0.2) is 51.8 Å². The van der Waals surface area contributed by atoms with Gasteiger partial charge in [-0.1, -0.05) is 12.1 Å². The van der Waals surface area contributed by atoms with Crippen LogP contribution >= 0.6 is 0 Å². The monoisotopic (exact) mass is 361 g/mol. The zero-order valence-electron chi connectivity index (χ0n) is 13.2. The Labute approximate surface area is 141 Å². The summed E-state index contributed by atoms with van der Waals surface area (Å²) in [5.74, 6) is -3.58. The number of aliphatic hydroxyl groups is 1. The summed E-state index contributed by atoms with van der Waals surface area (Å²) in [5, 5.41) is 25.6. The van der Waals surface area contributed by atoms with E-state index >= 15 is 0 Å². The Morgan fingerprint density at radius 3 is 2.08 bits per heavy atom. The standard InChI is InChI=1S/C14H16F3NO.C2H2O4/c15-14(16,17)12-3-1-2-11(8-12)13(19)9-18-6-4-10(13)5-7-18;3-1(4)2(5)6/h1-3,8,10,19H,4-7,9H2;(H,3,4)(H,5,6). The van der Waals surface area contributed by atoms with Gasteiger partial charge in [0.1, 0.15) is 5.60 Å². The number of piperidine rings is 3. The first kappa shape index (κ1) is 19.2. The average molecular weight is 361 g/mol. The number of carbonyl (C=O) groups is 2. The predicted octanol–water partition coefficient (Wildman–Crippen LogP) is 1.77. The lowest BCUT2D eigenvalue weighted by Gasteiger charge is -2.50. The lowest BCUT2D eigenvalue weighted by atomic mass is 9.71. The second kappa shape index (κ2) is 7.01. The molecule has 25 heavy (non-hydrogen) atoms. The third-order valence-electron chi connectivity index (χ3n) is 4.60. The third-order valence-corrected chi connectivity index (χ3v) is 4.60. The molecule has 0 radical (unpaired) electrons. The highest BCUT2D eigenvalue weighted by Crippen LogP contribution is 2.43. The van der Waals surface area contributed by atoms with Crippen LogP contribution in [0.15, 0.2) is 24.3 Å². The average Bonchev–Trinajstić information content (AvgIpc) is 2.55. The van der Waals surface area contributed by atoms with Gasteiger partial charge < -0.3 is 20.2 Å². The van der Waals surface area contributed by atoms with E-state index in [9.17, 15) is 18.3 Å². The molecule has 3 saturated heterocycles. The highest BCUT2D eigenvalue weighted by Gasteiger charge is 2.47. The van der Waals surface area contributed by atoms with Gasteiger partial charge in [-0.15, -0.1) is 0 Å². The van der Waals surface area contributed by atoms with Gasteiger partial charge in [0.25, 0.3) is 0 Å². The molecule has 6 nitrogen and oxygen atoms in total. The van der Waals surface area contributed by atoms with Gasteiger partial charge in [0.15, 0.2) is 0 Å². The van der Waals surface area contributed by atoms with Gasteiger partial charge in [0.2, 0.25) is 0 Å². The Morgan fingerprint density at radius 2 is 1.68 bits per heavy atom. The number of alkyl halides is 3. The topological polar surface area (TPSA) is 98.1 Å². The molecule has 2 bridgehead atoms. The minimum absolute atomic E-state index is 0.0704. The second-order valence-electron chi connectivity index (χ2n) is 6.16. The van der Waals surface area contributed by atoms with E-state index in [0.717, 1.165) is 38.1 Å². The molecule has 4 rings (SSSR count). The summed E-state index contributed by atoms with van der Waals surface area (Å²) in [6.07, 6.45) is -2.65. The van der Waals surface area contributed by atoms with Crippen molar-refractivity contribution >= 4 is 11.9 Å². The molecule has 1 unspecified atom stereocenters. The van der Waals surface area contributed by atoms with Crippen molar-refractivity contribution in [3.05, 3.63) is 35.4 Å². The van der Waals surface area contributed by atoms with Gasteiger partial charge in [0, 0.05) is 6.54 Å². The molecule has 3 fully saturated rings. The highest BCUT2D eigenvalue weighted by molar-refractivity contribution is 6.27. The first-order chi connectivity index (χ1) is 11.5. The Morgan fingerprint density at radius 1 is 1.12 bits per heavy atom. The highest BCUT2D eigenvalue weighted by atomic mass is 19.4. The van der Waals surface area contributed by atoms with Crippen LogP contribution < -0.4 is 0 Å². The number of benzene rings is 1. The summed E-state index contributed by atoms with van der Waals surface area (Å²) in [5.41, 5.74) is -1.41. The maximum absolute atomic E-state index is 12.8. The van der Waals surface area contributed by atoms with Gasteiger partial charge in [-0.05, 0) is 49.5 Å². The fraction of sp³-hybridized carbons (Fsp3) is 0.500. The number of halogens is 3. The molecule has 0 saturated carbocycles. The molecule has 0 aromatic heterocycles.